The number of benzene rings is 2. The van der Waals surface area contributed by atoms with Gasteiger partial charge < -0.3 is 4.42 Å². The molecule has 0 bridgehead atoms. The van der Waals surface area contributed by atoms with Crippen molar-refractivity contribution in [3.8, 4) is 11.5 Å². The van der Waals surface area contributed by atoms with Crippen LogP contribution in [0.4, 0.5) is 0 Å². The molecule has 2 aromatic carbocycles. The van der Waals surface area contributed by atoms with Gasteiger partial charge in [-0.2, -0.15) is 0 Å². The van der Waals surface area contributed by atoms with Gasteiger partial charge in [0.1, 0.15) is 0 Å². The zero-order valence-electron chi connectivity index (χ0n) is 15.7. The second kappa shape index (κ2) is 7.98. The van der Waals surface area contributed by atoms with Crippen molar-refractivity contribution >= 4 is 22.7 Å². The average Bonchev–Trinajstić information content (AvgIpc) is 3.22. The number of thioether (sulfide) groups is 1. The normalized spacial score (nSPS) is 12.4. The molecule has 0 saturated heterocycles. The lowest BCUT2D eigenvalue weighted by molar-refractivity contribution is 0.507. The minimum Gasteiger partial charge on any atom is -0.419 e. The molecule has 0 saturated carbocycles. The van der Waals surface area contributed by atoms with E-state index in [9.17, 15) is 4.79 Å². The van der Waals surface area contributed by atoms with Gasteiger partial charge in [-0.3, -0.25) is 9.36 Å². The van der Waals surface area contributed by atoms with Gasteiger partial charge in [-0.15, -0.1) is 10.2 Å². The van der Waals surface area contributed by atoms with E-state index in [1.165, 1.54) is 11.8 Å². The van der Waals surface area contributed by atoms with Crippen LogP contribution in [0.25, 0.3) is 22.4 Å². The molecule has 0 amide bonds. The summed E-state index contributed by atoms with van der Waals surface area (Å²) < 4.78 is 7.60. The minimum atomic E-state index is -0.138. The molecule has 0 aliphatic carbocycles. The summed E-state index contributed by atoms with van der Waals surface area (Å²) in [5.41, 5.74) is 1.56. The van der Waals surface area contributed by atoms with E-state index < -0.39 is 0 Å². The van der Waals surface area contributed by atoms with E-state index in [0.717, 1.165) is 12.0 Å². The molecule has 2 heterocycles. The first-order valence-corrected chi connectivity index (χ1v) is 10.1. The summed E-state index contributed by atoms with van der Waals surface area (Å²) >= 11 is 1.46. The standard InChI is InChI=1S/C21H20N4O2S/c1-3-13-25-20(26)16-11-7-8-12-17(16)22-21(25)28-14(2)18-23-24-19(27-18)15-9-5-4-6-10-15/h4-12,14H,3,13H2,1-2H3/t14-/m1/s1. The maximum absolute atomic E-state index is 12.9. The van der Waals surface area contributed by atoms with Gasteiger partial charge in [-0.05, 0) is 37.6 Å². The van der Waals surface area contributed by atoms with Crippen molar-refractivity contribution in [2.75, 3.05) is 0 Å². The number of aromatic nitrogens is 4. The van der Waals surface area contributed by atoms with Crippen molar-refractivity contribution in [1.82, 2.24) is 19.7 Å². The molecule has 4 rings (SSSR count). The van der Waals surface area contributed by atoms with Gasteiger partial charge in [0.15, 0.2) is 5.16 Å². The lowest BCUT2D eigenvalue weighted by Gasteiger charge is -2.14. The van der Waals surface area contributed by atoms with Crippen LogP contribution in [0.2, 0.25) is 0 Å². The first kappa shape index (κ1) is 18.4. The van der Waals surface area contributed by atoms with Crippen molar-refractivity contribution in [3.63, 3.8) is 0 Å². The lowest BCUT2D eigenvalue weighted by Crippen LogP contribution is -2.23. The third-order valence-electron chi connectivity index (χ3n) is 4.37. The van der Waals surface area contributed by atoms with Gasteiger partial charge in [-0.25, -0.2) is 4.98 Å². The SMILES string of the molecule is CCCn1c(S[C@H](C)c2nnc(-c3ccccc3)o2)nc2ccccc2c1=O. The molecular formula is C21H20N4O2S. The van der Waals surface area contributed by atoms with Crippen LogP contribution in [0.5, 0.6) is 0 Å². The quantitative estimate of drug-likeness (QED) is 0.349. The predicted octanol–water partition coefficient (Wildman–Crippen LogP) is 4.71. The summed E-state index contributed by atoms with van der Waals surface area (Å²) in [7, 11) is 0. The van der Waals surface area contributed by atoms with Gasteiger partial charge in [0, 0.05) is 12.1 Å². The smallest absolute Gasteiger partial charge is 0.262 e. The third-order valence-corrected chi connectivity index (χ3v) is 5.44. The van der Waals surface area contributed by atoms with Crippen LogP contribution in [-0.4, -0.2) is 19.7 Å². The molecule has 7 heteroatoms. The van der Waals surface area contributed by atoms with E-state index in [-0.39, 0.29) is 10.8 Å². The van der Waals surface area contributed by atoms with Crippen molar-refractivity contribution in [1.29, 1.82) is 0 Å². The molecule has 28 heavy (non-hydrogen) atoms. The van der Waals surface area contributed by atoms with Crippen LogP contribution in [0.1, 0.15) is 31.4 Å². The molecule has 0 spiro atoms. The van der Waals surface area contributed by atoms with Crippen LogP contribution >= 0.6 is 11.8 Å². The Hall–Kier alpha value is -2.93. The lowest BCUT2D eigenvalue weighted by atomic mass is 10.2. The zero-order chi connectivity index (χ0) is 19.5. The number of fused-ring (bicyclic) bond motifs is 1. The number of hydrogen-bond acceptors (Lipinski definition) is 6. The highest BCUT2D eigenvalue weighted by Gasteiger charge is 2.20. The van der Waals surface area contributed by atoms with Crippen molar-refractivity contribution < 1.29 is 4.42 Å². The van der Waals surface area contributed by atoms with E-state index in [0.29, 0.717) is 34.4 Å². The maximum atomic E-state index is 12.9. The van der Waals surface area contributed by atoms with E-state index >= 15 is 0 Å². The summed E-state index contributed by atoms with van der Waals surface area (Å²) in [6, 6.07) is 17.1. The molecule has 0 aliphatic heterocycles. The summed E-state index contributed by atoms with van der Waals surface area (Å²) in [5, 5.41) is 9.52. The van der Waals surface area contributed by atoms with Crippen LogP contribution < -0.4 is 5.56 Å². The fourth-order valence-electron chi connectivity index (χ4n) is 2.96. The highest BCUT2D eigenvalue weighted by molar-refractivity contribution is 7.99. The van der Waals surface area contributed by atoms with Gasteiger partial charge in [0.2, 0.25) is 11.8 Å². The number of hydrogen-bond donors (Lipinski definition) is 0. The van der Waals surface area contributed by atoms with Crippen LogP contribution in [0.15, 0.2) is 69.0 Å². The molecule has 0 radical (unpaired) electrons. The monoisotopic (exact) mass is 392 g/mol. The second-order valence-corrected chi connectivity index (χ2v) is 7.75. The molecule has 142 valence electrons. The number of nitrogens with zero attached hydrogens (tertiary/aromatic N) is 4. The number of para-hydroxylation sites is 1. The van der Waals surface area contributed by atoms with Gasteiger partial charge in [0.05, 0.1) is 16.2 Å². The van der Waals surface area contributed by atoms with E-state index in [1.54, 1.807) is 4.57 Å². The minimum absolute atomic E-state index is 0.0161. The molecule has 0 N–H and O–H groups in total. The topological polar surface area (TPSA) is 73.8 Å². The van der Waals surface area contributed by atoms with E-state index in [4.69, 9.17) is 9.40 Å². The van der Waals surface area contributed by atoms with Gasteiger partial charge in [0.25, 0.3) is 5.56 Å². The Labute approximate surface area is 166 Å². The Bertz CT molecular complexity index is 1150. The highest BCUT2D eigenvalue weighted by Crippen LogP contribution is 2.34. The maximum Gasteiger partial charge on any atom is 0.262 e. The van der Waals surface area contributed by atoms with Crippen molar-refractivity contribution in [2.45, 2.75) is 37.2 Å². The summed E-state index contributed by atoms with van der Waals surface area (Å²) in [6.45, 7) is 4.64. The molecule has 2 aromatic heterocycles. The van der Waals surface area contributed by atoms with Gasteiger partial charge >= 0.3 is 0 Å². The largest absolute Gasteiger partial charge is 0.419 e. The van der Waals surface area contributed by atoms with Gasteiger partial charge in [-0.1, -0.05) is 49.0 Å². The Kier molecular flexibility index (Phi) is 5.25. The fourth-order valence-corrected chi connectivity index (χ4v) is 3.93. The molecule has 6 nitrogen and oxygen atoms in total. The molecule has 0 unspecified atom stereocenters. The van der Waals surface area contributed by atoms with E-state index in [2.05, 4.69) is 10.2 Å². The van der Waals surface area contributed by atoms with Crippen molar-refractivity contribution in [3.05, 3.63) is 70.8 Å². The summed E-state index contributed by atoms with van der Waals surface area (Å²) in [5.74, 6) is 0.995. The summed E-state index contributed by atoms with van der Waals surface area (Å²) in [6.07, 6.45) is 0.848. The first-order chi connectivity index (χ1) is 13.7. The highest BCUT2D eigenvalue weighted by atomic mass is 32.2. The first-order valence-electron chi connectivity index (χ1n) is 9.22. The summed E-state index contributed by atoms with van der Waals surface area (Å²) in [4.78, 5) is 17.6. The predicted molar refractivity (Wildman–Crippen MR) is 110 cm³/mol. The Balaban J connectivity index is 1.67. The molecule has 0 fully saturated rings. The Morgan fingerprint density at radius 3 is 2.61 bits per heavy atom. The number of rotatable bonds is 6. The Morgan fingerprint density at radius 2 is 1.82 bits per heavy atom. The second-order valence-electron chi connectivity index (χ2n) is 6.44. The molecule has 4 aromatic rings. The van der Waals surface area contributed by atoms with Crippen molar-refractivity contribution in [2.24, 2.45) is 0 Å². The molecule has 0 aliphatic rings. The van der Waals surface area contributed by atoms with Crippen LogP contribution in [0.3, 0.4) is 0 Å². The van der Waals surface area contributed by atoms with E-state index in [1.807, 2.05) is 68.4 Å². The zero-order valence-corrected chi connectivity index (χ0v) is 16.5. The van der Waals surface area contributed by atoms with Crippen LogP contribution in [0, 0.1) is 0 Å². The Morgan fingerprint density at radius 1 is 1.07 bits per heavy atom. The third kappa shape index (κ3) is 3.57. The van der Waals surface area contributed by atoms with Crippen LogP contribution in [-0.2, 0) is 6.54 Å². The average molecular weight is 392 g/mol. The molecular weight excluding hydrogens is 372 g/mol. The fraction of sp³-hybridized carbons (Fsp3) is 0.238. The molecule has 1 atom stereocenters.